The van der Waals surface area contributed by atoms with Gasteiger partial charge in [-0.25, -0.2) is 14.8 Å². The molecule has 0 bridgehead atoms. The zero-order valence-corrected chi connectivity index (χ0v) is 21.8. The molecule has 0 amide bonds. The van der Waals surface area contributed by atoms with Crippen LogP contribution in [0.3, 0.4) is 0 Å². The van der Waals surface area contributed by atoms with Crippen LogP contribution in [-0.2, 0) is 9.53 Å². The van der Waals surface area contributed by atoms with Gasteiger partial charge < -0.3 is 4.74 Å². The van der Waals surface area contributed by atoms with E-state index in [2.05, 4.69) is 35.3 Å². The molecule has 7 heteroatoms. The molecule has 2 aliphatic heterocycles. The monoisotopic (exact) mass is 501 g/mol. The molecule has 0 N–H and O–H groups in total. The number of methoxy groups -OCH3 is 1. The lowest BCUT2D eigenvalue weighted by Crippen LogP contribution is -2.17. The molecule has 2 unspecified atom stereocenters. The van der Waals surface area contributed by atoms with Crippen LogP contribution >= 0.6 is 23.1 Å². The van der Waals surface area contributed by atoms with Gasteiger partial charge in [0.05, 0.1) is 55.8 Å². The van der Waals surface area contributed by atoms with E-state index < -0.39 is 0 Å². The van der Waals surface area contributed by atoms with Crippen LogP contribution in [0.2, 0.25) is 0 Å². The number of pyridine rings is 1. The molecule has 0 radical (unpaired) electrons. The largest absolute Gasteiger partial charge is 0.465 e. The maximum Gasteiger partial charge on any atom is 0.344 e. The number of benzene rings is 1. The first-order valence-electron chi connectivity index (χ1n) is 12.1. The van der Waals surface area contributed by atoms with E-state index in [-0.39, 0.29) is 17.3 Å². The minimum Gasteiger partial charge on any atom is -0.465 e. The zero-order valence-electron chi connectivity index (χ0n) is 20.1. The van der Waals surface area contributed by atoms with Gasteiger partial charge >= 0.3 is 5.97 Å². The van der Waals surface area contributed by atoms with Crippen molar-refractivity contribution in [2.24, 2.45) is 4.99 Å². The summed E-state index contributed by atoms with van der Waals surface area (Å²) in [4.78, 5) is 28.7. The van der Waals surface area contributed by atoms with Crippen LogP contribution in [0.5, 0.6) is 0 Å². The van der Waals surface area contributed by atoms with E-state index in [1.165, 1.54) is 37.5 Å². The average molecular weight is 502 g/mol. The number of aryl methyl sites for hydroxylation is 2. The number of nitrogens with zero attached hydrogens (tertiary/aromatic N) is 3. The highest BCUT2D eigenvalue weighted by Gasteiger charge is 2.42. The maximum absolute atomic E-state index is 12.2. The smallest absolute Gasteiger partial charge is 0.344 e. The van der Waals surface area contributed by atoms with Crippen molar-refractivity contribution in [3.8, 4) is 10.6 Å². The number of fused-ring (bicyclic) bond motifs is 2. The fraction of sp³-hybridized carbons (Fsp3) is 0.357. The number of allylic oxidation sites excluding steroid dienone is 1. The van der Waals surface area contributed by atoms with Gasteiger partial charge in [0.15, 0.2) is 0 Å². The maximum atomic E-state index is 12.2. The molecule has 4 heterocycles. The van der Waals surface area contributed by atoms with Crippen molar-refractivity contribution in [2.75, 3.05) is 7.11 Å². The van der Waals surface area contributed by atoms with Gasteiger partial charge in [-0.2, -0.15) is 0 Å². The molecule has 1 aliphatic carbocycles. The summed E-state index contributed by atoms with van der Waals surface area (Å²) in [5.41, 5.74) is 8.06. The summed E-state index contributed by atoms with van der Waals surface area (Å²) in [5, 5.41) is 2.34. The summed E-state index contributed by atoms with van der Waals surface area (Å²) < 4.78 is 4.99. The molecule has 2 atom stereocenters. The molecule has 2 aromatic heterocycles. The van der Waals surface area contributed by atoms with Crippen molar-refractivity contribution in [1.82, 2.24) is 9.97 Å². The molecule has 0 saturated heterocycles. The SMILES string of the molecule is COC(=O)C1=CC2N=C(c3ccc4nc(-c5sc(C)nc5C)ccc4c3)C(=C3CCCCC3)C2S1. The van der Waals surface area contributed by atoms with E-state index in [0.29, 0.717) is 4.91 Å². The summed E-state index contributed by atoms with van der Waals surface area (Å²) >= 11 is 3.31. The highest BCUT2D eigenvalue weighted by molar-refractivity contribution is 8.05. The van der Waals surface area contributed by atoms with Crippen molar-refractivity contribution in [1.29, 1.82) is 0 Å². The van der Waals surface area contributed by atoms with Gasteiger partial charge in [0, 0.05) is 10.9 Å². The Morgan fingerprint density at radius 1 is 1.06 bits per heavy atom. The standard InChI is InChI=1S/C28H27N3O2S2/c1-15-26(34-16(2)29-15)21-12-9-18-13-19(10-11-20(18)30-21)25-24(17-7-5-4-6-8-17)27-22(31-25)14-23(35-27)28(32)33-3/h9-14,22,27H,4-8H2,1-3H3. The molecule has 178 valence electrons. The fourth-order valence-electron chi connectivity index (χ4n) is 5.41. The van der Waals surface area contributed by atoms with E-state index in [0.717, 1.165) is 56.3 Å². The molecule has 1 aromatic carbocycles. The Morgan fingerprint density at radius 3 is 2.63 bits per heavy atom. The summed E-state index contributed by atoms with van der Waals surface area (Å²) in [7, 11) is 1.44. The van der Waals surface area contributed by atoms with Gasteiger partial charge in [-0.15, -0.1) is 23.1 Å². The predicted octanol–water partition coefficient (Wildman–Crippen LogP) is 6.58. The normalized spacial score (nSPS) is 21.8. The first kappa shape index (κ1) is 22.7. The Morgan fingerprint density at radius 2 is 1.89 bits per heavy atom. The number of carbonyl (C=O) groups excluding carboxylic acids is 1. The molecular formula is C28H27N3O2S2. The number of thioether (sulfide) groups is 1. The predicted molar refractivity (Wildman–Crippen MR) is 144 cm³/mol. The molecule has 5 nitrogen and oxygen atoms in total. The first-order chi connectivity index (χ1) is 17.0. The second kappa shape index (κ2) is 9.03. The number of esters is 1. The van der Waals surface area contributed by atoms with Gasteiger partial charge in [-0.3, -0.25) is 4.99 Å². The third-order valence-corrected chi connectivity index (χ3v) is 9.45. The minimum atomic E-state index is -0.256. The Kier molecular flexibility index (Phi) is 5.85. The van der Waals surface area contributed by atoms with Crippen LogP contribution in [0.1, 0.15) is 48.4 Å². The Hall–Kier alpha value is -2.77. The lowest BCUT2D eigenvalue weighted by molar-refractivity contribution is -0.135. The number of aliphatic imine (C=N–C) groups is 1. The molecule has 1 saturated carbocycles. The fourth-order valence-corrected chi connectivity index (χ4v) is 7.64. The first-order valence-corrected chi connectivity index (χ1v) is 13.8. The topological polar surface area (TPSA) is 64.4 Å². The summed E-state index contributed by atoms with van der Waals surface area (Å²) in [6.07, 6.45) is 7.99. The number of hydrogen-bond donors (Lipinski definition) is 0. The quantitative estimate of drug-likeness (QED) is 0.379. The van der Waals surface area contributed by atoms with Gasteiger partial charge in [0.1, 0.15) is 0 Å². The number of hydrogen-bond acceptors (Lipinski definition) is 7. The molecule has 0 spiro atoms. The molecule has 6 rings (SSSR count). The number of carbonyl (C=O) groups is 1. The zero-order chi connectivity index (χ0) is 24.1. The average Bonchev–Trinajstić information content (AvgIpc) is 3.55. The van der Waals surface area contributed by atoms with E-state index in [4.69, 9.17) is 14.7 Å². The van der Waals surface area contributed by atoms with Crippen molar-refractivity contribution in [3.63, 3.8) is 0 Å². The van der Waals surface area contributed by atoms with Crippen molar-refractivity contribution in [2.45, 2.75) is 57.2 Å². The van der Waals surface area contributed by atoms with E-state index in [1.54, 1.807) is 23.1 Å². The van der Waals surface area contributed by atoms with Crippen LogP contribution in [-0.4, -0.2) is 40.1 Å². The van der Waals surface area contributed by atoms with Crippen LogP contribution < -0.4 is 0 Å². The summed E-state index contributed by atoms with van der Waals surface area (Å²) in [6.45, 7) is 4.08. The van der Waals surface area contributed by atoms with Crippen LogP contribution in [0.4, 0.5) is 0 Å². The number of rotatable bonds is 3. The number of ether oxygens (including phenoxy) is 1. The lowest BCUT2D eigenvalue weighted by atomic mass is 9.86. The van der Waals surface area contributed by atoms with Gasteiger partial charge in [0.25, 0.3) is 0 Å². The third-order valence-electron chi connectivity index (χ3n) is 7.03. The van der Waals surface area contributed by atoms with Crippen molar-refractivity contribution >= 4 is 45.7 Å². The molecular weight excluding hydrogens is 474 g/mol. The van der Waals surface area contributed by atoms with Crippen molar-refractivity contribution < 1.29 is 9.53 Å². The van der Waals surface area contributed by atoms with E-state index >= 15 is 0 Å². The Bertz CT molecular complexity index is 1440. The van der Waals surface area contributed by atoms with Crippen LogP contribution in [0.25, 0.3) is 21.5 Å². The molecule has 3 aliphatic rings. The number of thiazole rings is 1. The molecule has 3 aromatic rings. The number of aromatic nitrogens is 2. The molecule has 35 heavy (non-hydrogen) atoms. The third kappa shape index (κ3) is 4.04. The summed E-state index contributed by atoms with van der Waals surface area (Å²) in [6, 6.07) is 10.7. The summed E-state index contributed by atoms with van der Waals surface area (Å²) in [5.74, 6) is -0.256. The Balaban J connectivity index is 1.41. The van der Waals surface area contributed by atoms with Crippen LogP contribution in [0.15, 0.2) is 57.5 Å². The molecule has 1 fully saturated rings. The highest BCUT2D eigenvalue weighted by Crippen LogP contribution is 2.47. The van der Waals surface area contributed by atoms with Gasteiger partial charge in [0.2, 0.25) is 0 Å². The highest BCUT2D eigenvalue weighted by atomic mass is 32.2. The second-order valence-corrected chi connectivity index (χ2v) is 11.7. The van der Waals surface area contributed by atoms with Crippen LogP contribution in [0, 0.1) is 13.8 Å². The lowest BCUT2D eigenvalue weighted by Gasteiger charge is -2.21. The minimum absolute atomic E-state index is 0.0118. The van der Waals surface area contributed by atoms with Gasteiger partial charge in [-0.1, -0.05) is 24.1 Å². The van der Waals surface area contributed by atoms with Gasteiger partial charge in [-0.05, 0) is 69.4 Å². The van der Waals surface area contributed by atoms with E-state index in [1.807, 2.05) is 19.9 Å². The second-order valence-electron chi connectivity index (χ2n) is 9.36. The Labute approximate surface area is 213 Å². The van der Waals surface area contributed by atoms with E-state index in [9.17, 15) is 4.79 Å². The van der Waals surface area contributed by atoms with Crippen molar-refractivity contribution in [3.05, 3.63) is 68.7 Å².